The van der Waals surface area contributed by atoms with E-state index in [0.717, 1.165) is 18.4 Å². The second kappa shape index (κ2) is 18.0. The van der Waals surface area contributed by atoms with E-state index in [0.29, 0.717) is 22.9 Å². The van der Waals surface area contributed by atoms with Crippen LogP contribution in [0, 0.1) is 0 Å². The van der Waals surface area contributed by atoms with Crippen molar-refractivity contribution < 1.29 is 38.1 Å². The first-order chi connectivity index (χ1) is 16.0. The normalized spacial score (nSPS) is 11.5. The predicted octanol–water partition coefficient (Wildman–Crippen LogP) is 4.35. The van der Waals surface area contributed by atoms with Gasteiger partial charge in [0.15, 0.2) is 12.4 Å². The Balaban J connectivity index is 0.00000578. The van der Waals surface area contributed by atoms with Gasteiger partial charge in [0.05, 0.1) is 23.2 Å². The van der Waals surface area contributed by atoms with Crippen LogP contribution in [0.5, 0.6) is 5.75 Å². The summed E-state index contributed by atoms with van der Waals surface area (Å²) in [4.78, 5) is 12.6. The van der Waals surface area contributed by atoms with Crippen LogP contribution in [-0.2, 0) is 7.05 Å². The lowest BCUT2D eigenvalue weighted by atomic mass is 10.0. The first-order valence-corrected chi connectivity index (χ1v) is 13.1. The molecule has 34 heavy (non-hydrogen) atoms. The number of aryl methyl sites for hydroxylation is 1. The number of pyridine rings is 1. The van der Waals surface area contributed by atoms with E-state index in [1.54, 1.807) is 0 Å². The standard InChI is InChI=1S/C28H41ClN2O2.HI/c1-4-6-7-8-9-10-11-12-13-14-21-33-27-16-15-24(22-25(27)29)26(5-2)30-28(32)23-17-19-31(3)20-18-23;/h15-20,22,26H,4-14,21H2,1-3H3;1H. The number of halogens is 2. The van der Waals surface area contributed by atoms with Crippen molar-refractivity contribution in [2.75, 3.05) is 6.61 Å². The summed E-state index contributed by atoms with van der Waals surface area (Å²) in [6.45, 7) is 5.01. The molecule has 1 atom stereocenters. The van der Waals surface area contributed by atoms with E-state index in [9.17, 15) is 4.79 Å². The Morgan fingerprint density at radius 3 is 2.09 bits per heavy atom. The van der Waals surface area contributed by atoms with Gasteiger partial charge >= 0.3 is 0 Å². The topological polar surface area (TPSA) is 42.2 Å². The van der Waals surface area contributed by atoms with E-state index < -0.39 is 0 Å². The molecule has 0 saturated heterocycles. The van der Waals surface area contributed by atoms with E-state index in [2.05, 4.69) is 19.2 Å². The average molecular weight is 601 g/mol. The summed E-state index contributed by atoms with van der Waals surface area (Å²) in [6.07, 6.45) is 17.6. The van der Waals surface area contributed by atoms with Gasteiger partial charge in [-0.1, -0.05) is 89.3 Å². The number of nitrogens with zero attached hydrogens (tertiary/aromatic N) is 1. The van der Waals surface area contributed by atoms with Gasteiger partial charge in [0, 0.05) is 12.1 Å². The number of carbonyl (C=O) groups excluding carboxylic acids is 1. The molecule has 0 saturated carbocycles. The maximum absolute atomic E-state index is 12.6. The molecule has 2 rings (SSSR count). The van der Waals surface area contributed by atoms with Crippen LogP contribution < -0.4 is 38.6 Å². The van der Waals surface area contributed by atoms with Gasteiger partial charge in [0.25, 0.3) is 5.91 Å². The smallest absolute Gasteiger partial charge is 0.252 e. The average Bonchev–Trinajstić information content (AvgIpc) is 2.82. The first kappa shape index (κ1) is 30.7. The second-order valence-corrected chi connectivity index (χ2v) is 9.31. The first-order valence-electron chi connectivity index (χ1n) is 12.7. The molecular formula is C28H42ClIN2O2. The molecule has 2 aromatic rings. The summed E-state index contributed by atoms with van der Waals surface area (Å²) in [5, 5.41) is 3.70. The molecule has 0 fully saturated rings. The summed E-state index contributed by atoms with van der Waals surface area (Å²) >= 11 is 6.49. The predicted molar refractivity (Wildman–Crippen MR) is 137 cm³/mol. The van der Waals surface area contributed by atoms with E-state index in [1.165, 1.54) is 57.8 Å². The number of aromatic nitrogens is 1. The van der Waals surface area contributed by atoms with Crippen molar-refractivity contribution in [2.24, 2.45) is 7.05 Å². The fourth-order valence-electron chi connectivity index (χ4n) is 3.94. The summed E-state index contributed by atoms with van der Waals surface area (Å²) in [7, 11) is 1.93. The molecule has 0 aliphatic carbocycles. The molecule has 0 aliphatic rings. The van der Waals surface area contributed by atoms with Crippen molar-refractivity contribution in [3.05, 3.63) is 58.9 Å². The third-order valence-corrected chi connectivity index (χ3v) is 6.36. The molecule has 1 amide bonds. The molecular weight excluding hydrogens is 559 g/mol. The molecule has 0 spiro atoms. The Hall–Kier alpha value is -1.34. The molecule has 190 valence electrons. The van der Waals surface area contributed by atoms with Crippen molar-refractivity contribution in [3.63, 3.8) is 0 Å². The number of hydrogen-bond donors (Lipinski definition) is 1. The van der Waals surface area contributed by atoms with E-state index >= 15 is 0 Å². The summed E-state index contributed by atoms with van der Waals surface area (Å²) in [6, 6.07) is 9.37. The Bertz CT molecular complexity index is 830. The third-order valence-electron chi connectivity index (χ3n) is 6.07. The molecule has 1 unspecified atom stereocenters. The van der Waals surface area contributed by atoms with E-state index in [1.807, 2.05) is 54.3 Å². The number of unbranched alkanes of at least 4 members (excludes halogenated alkanes) is 9. The number of rotatable bonds is 16. The molecule has 6 heteroatoms. The summed E-state index contributed by atoms with van der Waals surface area (Å²) in [5.74, 6) is 0.632. The highest BCUT2D eigenvalue weighted by atomic mass is 127. The Labute approximate surface area is 228 Å². The van der Waals surface area contributed by atoms with Crippen molar-refractivity contribution in [1.29, 1.82) is 0 Å². The summed E-state index contributed by atoms with van der Waals surface area (Å²) < 4.78 is 7.82. The number of carbonyl (C=O) groups is 1. The maximum atomic E-state index is 12.6. The minimum Gasteiger partial charge on any atom is -1.00 e. The highest BCUT2D eigenvalue weighted by molar-refractivity contribution is 6.32. The van der Waals surface area contributed by atoms with Gasteiger partial charge < -0.3 is 34.0 Å². The van der Waals surface area contributed by atoms with E-state index in [4.69, 9.17) is 16.3 Å². The molecule has 1 N–H and O–H groups in total. The van der Waals surface area contributed by atoms with Crippen molar-refractivity contribution in [2.45, 2.75) is 90.5 Å². The molecule has 0 bridgehead atoms. The van der Waals surface area contributed by atoms with Crippen LogP contribution in [0.15, 0.2) is 42.7 Å². The maximum Gasteiger partial charge on any atom is 0.252 e. The van der Waals surface area contributed by atoms with Crippen LogP contribution in [0.2, 0.25) is 5.02 Å². The Morgan fingerprint density at radius 1 is 0.941 bits per heavy atom. The minimum absolute atomic E-state index is 0. The largest absolute Gasteiger partial charge is 1.00 e. The third kappa shape index (κ3) is 11.4. The van der Waals surface area contributed by atoms with Gasteiger partial charge in [-0.15, -0.1) is 0 Å². The molecule has 0 radical (unpaired) electrons. The summed E-state index contributed by atoms with van der Waals surface area (Å²) in [5.41, 5.74) is 1.64. The number of nitrogens with one attached hydrogen (secondary N) is 1. The Kier molecular flexibility index (Phi) is 16.2. The highest BCUT2D eigenvalue weighted by Crippen LogP contribution is 2.29. The number of amides is 1. The van der Waals surface area contributed by atoms with Crippen molar-refractivity contribution >= 4 is 17.5 Å². The molecule has 1 aromatic heterocycles. The lowest BCUT2D eigenvalue weighted by Gasteiger charge is -2.18. The SMILES string of the molecule is CCCCCCCCCCCCOc1ccc(C(CC)NC(=O)c2cc[n+](C)cc2)cc1Cl.[I-]. The lowest BCUT2D eigenvalue weighted by Crippen LogP contribution is -3.00. The van der Waals surface area contributed by atoms with Crippen LogP contribution in [0.1, 0.15) is 106 Å². The molecule has 4 nitrogen and oxygen atoms in total. The minimum atomic E-state index is -0.0972. The van der Waals surface area contributed by atoms with Crippen LogP contribution >= 0.6 is 11.6 Å². The second-order valence-electron chi connectivity index (χ2n) is 8.91. The molecule has 1 aromatic carbocycles. The number of ether oxygens (including phenoxy) is 1. The Morgan fingerprint density at radius 2 is 1.53 bits per heavy atom. The van der Waals surface area contributed by atoms with E-state index in [-0.39, 0.29) is 35.9 Å². The number of benzene rings is 1. The fraction of sp³-hybridized carbons (Fsp3) is 0.571. The van der Waals surface area contributed by atoms with Crippen molar-refractivity contribution in [3.8, 4) is 5.75 Å². The van der Waals surface area contributed by atoms with Gasteiger partial charge in [-0.05, 0) is 30.5 Å². The zero-order chi connectivity index (χ0) is 23.9. The van der Waals surface area contributed by atoms with Crippen LogP contribution in [0.25, 0.3) is 0 Å². The lowest BCUT2D eigenvalue weighted by molar-refractivity contribution is -0.671. The quantitative estimate of drug-likeness (QED) is 0.177. The van der Waals surface area contributed by atoms with Crippen LogP contribution in [-0.4, -0.2) is 12.5 Å². The van der Waals surface area contributed by atoms with Gasteiger partial charge in [-0.25, -0.2) is 4.57 Å². The highest BCUT2D eigenvalue weighted by Gasteiger charge is 2.16. The zero-order valence-corrected chi connectivity index (χ0v) is 24.0. The van der Waals surface area contributed by atoms with Crippen molar-refractivity contribution in [1.82, 2.24) is 5.32 Å². The fourth-order valence-corrected chi connectivity index (χ4v) is 4.18. The number of hydrogen-bond acceptors (Lipinski definition) is 2. The van der Waals surface area contributed by atoms with Gasteiger partial charge in [-0.3, -0.25) is 4.79 Å². The van der Waals surface area contributed by atoms with Crippen LogP contribution in [0.3, 0.4) is 0 Å². The van der Waals surface area contributed by atoms with Gasteiger partial charge in [0.2, 0.25) is 0 Å². The zero-order valence-electron chi connectivity index (χ0n) is 21.1. The molecule has 0 aliphatic heterocycles. The van der Waals surface area contributed by atoms with Gasteiger partial charge in [-0.2, -0.15) is 0 Å². The van der Waals surface area contributed by atoms with Gasteiger partial charge in [0.1, 0.15) is 12.8 Å². The molecule has 1 heterocycles. The van der Waals surface area contributed by atoms with Crippen LogP contribution in [0.4, 0.5) is 0 Å². The monoisotopic (exact) mass is 600 g/mol.